The van der Waals surface area contributed by atoms with E-state index < -0.39 is 13.5 Å². The van der Waals surface area contributed by atoms with Gasteiger partial charge in [0.1, 0.15) is 26.9 Å². The first-order valence-electron chi connectivity index (χ1n) is 8.45. The molecule has 0 fully saturated rings. The molecule has 0 atom stereocenters. The lowest BCUT2D eigenvalue weighted by Crippen LogP contribution is -2.32. The number of aliphatic hydroxyl groups excluding tert-OH is 3. The van der Waals surface area contributed by atoms with Crippen molar-refractivity contribution in [3.63, 3.8) is 0 Å². The van der Waals surface area contributed by atoms with Crippen molar-refractivity contribution in [1.29, 1.82) is 0 Å². The first-order chi connectivity index (χ1) is 12.7. The van der Waals surface area contributed by atoms with Crippen molar-refractivity contribution in [3.05, 3.63) is 30.3 Å². The molecule has 142 valence electrons. The molecule has 26 heavy (non-hydrogen) atoms. The molecular weight excluding hydrogens is 338 g/mol. The summed E-state index contributed by atoms with van der Waals surface area (Å²) in [7, 11) is 0. The Morgan fingerprint density at radius 3 is 2.08 bits per heavy atom. The molecule has 1 aromatic heterocycles. The van der Waals surface area contributed by atoms with Crippen molar-refractivity contribution < 1.29 is 20.1 Å². The molecule has 0 aliphatic rings. The third-order valence-corrected chi connectivity index (χ3v) is 3.61. The molecule has 9 nitrogen and oxygen atoms in total. The van der Waals surface area contributed by atoms with Gasteiger partial charge in [0.15, 0.2) is 5.82 Å². The van der Waals surface area contributed by atoms with Crippen LogP contribution in [0.25, 0.3) is 11.4 Å². The molecule has 0 spiro atoms. The highest BCUT2D eigenvalue weighted by Crippen LogP contribution is 2.21. The van der Waals surface area contributed by atoms with E-state index in [1.165, 1.54) is 9.80 Å². The predicted octanol–water partition coefficient (Wildman–Crippen LogP) is 0.775. The number of benzene rings is 1. The molecule has 2 rings (SSSR count). The topological polar surface area (TPSA) is 115 Å². The Balaban J connectivity index is 2.35. The largest absolute Gasteiger partial charge is 0.376 e. The zero-order chi connectivity index (χ0) is 18.8. The number of anilines is 2. The normalized spacial score (nSPS) is 10.8. The van der Waals surface area contributed by atoms with E-state index in [4.69, 9.17) is 4.74 Å². The molecule has 0 amide bonds. The third kappa shape index (κ3) is 5.33. The number of hydrogen-bond acceptors (Lipinski definition) is 9. The minimum absolute atomic E-state index is 0.103. The number of ether oxygens (including phenoxy) is 1. The molecular formula is C17H25N5O4. The van der Waals surface area contributed by atoms with Gasteiger partial charge in [0.2, 0.25) is 11.9 Å². The fourth-order valence-corrected chi connectivity index (χ4v) is 2.11. The summed E-state index contributed by atoms with van der Waals surface area (Å²) in [5, 5.41) is 28.5. The highest BCUT2D eigenvalue weighted by molar-refractivity contribution is 5.58. The smallest absolute Gasteiger partial charge is 0.234 e. The Bertz CT molecular complexity index is 655. The maximum absolute atomic E-state index is 9.67. The first-order valence-corrected chi connectivity index (χ1v) is 8.45. The third-order valence-electron chi connectivity index (χ3n) is 3.61. The van der Waals surface area contributed by atoms with E-state index in [0.29, 0.717) is 12.4 Å². The molecule has 0 radical (unpaired) electrons. The van der Waals surface area contributed by atoms with Gasteiger partial charge < -0.3 is 20.1 Å². The summed E-state index contributed by atoms with van der Waals surface area (Å²) in [5.74, 6) is 0.662. The molecule has 0 aliphatic heterocycles. The van der Waals surface area contributed by atoms with Crippen LogP contribution in [0.3, 0.4) is 0 Å². The second kappa shape index (κ2) is 10.6. The van der Waals surface area contributed by atoms with Gasteiger partial charge >= 0.3 is 0 Å². The molecule has 0 saturated heterocycles. The highest BCUT2D eigenvalue weighted by atomic mass is 16.5. The van der Waals surface area contributed by atoms with E-state index in [2.05, 4.69) is 21.9 Å². The van der Waals surface area contributed by atoms with Crippen molar-refractivity contribution in [2.45, 2.75) is 19.8 Å². The van der Waals surface area contributed by atoms with Gasteiger partial charge in [-0.1, -0.05) is 43.7 Å². The van der Waals surface area contributed by atoms with Gasteiger partial charge in [-0.05, 0) is 6.42 Å². The number of unbranched alkanes of at least 4 members (excludes halogenated alkanes) is 1. The van der Waals surface area contributed by atoms with Crippen LogP contribution in [0.5, 0.6) is 0 Å². The Morgan fingerprint density at radius 2 is 1.50 bits per heavy atom. The summed E-state index contributed by atoms with van der Waals surface area (Å²) in [6.07, 6.45) is 1.93. The maximum atomic E-state index is 9.67. The van der Waals surface area contributed by atoms with Crippen molar-refractivity contribution in [2.24, 2.45) is 0 Å². The monoisotopic (exact) mass is 363 g/mol. The van der Waals surface area contributed by atoms with Crippen LogP contribution in [-0.2, 0) is 4.74 Å². The number of nitrogens with zero attached hydrogens (tertiary/aromatic N) is 5. The number of aromatic nitrogens is 3. The van der Waals surface area contributed by atoms with Gasteiger partial charge in [0, 0.05) is 12.2 Å². The van der Waals surface area contributed by atoms with Crippen LogP contribution < -0.4 is 9.80 Å². The summed E-state index contributed by atoms with van der Waals surface area (Å²) < 4.78 is 5.53. The zero-order valence-corrected chi connectivity index (χ0v) is 14.8. The van der Waals surface area contributed by atoms with E-state index in [-0.39, 0.29) is 25.4 Å². The van der Waals surface area contributed by atoms with Crippen molar-refractivity contribution in [2.75, 3.05) is 43.3 Å². The van der Waals surface area contributed by atoms with E-state index in [9.17, 15) is 15.3 Å². The molecule has 9 heteroatoms. The maximum Gasteiger partial charge on any atom is 0.234 e. The Morgan fingerprint density at radius 1 is 0.885 bits per heavy atom. The SMILES string of the molecule is CCCCOCN(CO)c1nc(-c2ccccc2)nc(N(CO)CO)n1. The van der Waals surface area contributed by atoms with Gasteiger partial charge in [0.25, 0.3) is 0 Å². The highest BCUT2D eigenvalue weighted by Gasteiger charge is 2.17. The van der Waals surface area contributed by atoms with Crippen LogP contribution in [0, 0.1) is 0 Å². The minimum Gasteiger partial charge on any atom is -0.376 e. The zero-order valence-electron chi connectivity index (χ0n) is 14.8. The van der Waals surface area contributed by atoms with Gasteiger partial charge in [0.05, 0.1) is 0 Å². The average Bonchev–Trinajstić information content (AvgIpc) is 2.69. The molecule has 2 aromatic rings. The van der Waals surface area contributed by atoms with Crippen molar-refractivity contribution in [3.8, 4) is 11.4 Å². The quantitative estimate of drug-likeness (QED) is 0.393. The fraction of sp³-hybridized carbons (Fsp3) is 0.471. The van der Waals surface area contributed by atoms with Crippen LogP contribution >= 0.6 is 0 Å². The number of rotatable bonds is 11. The lowest BCUT2D eigenvalue weighted by molar-refractivity contribution is 0.114. The van der Waals surface area contributed by atoms with Crippen molar-refractivity contribution >= 4 is 11.9 Å². The molecule has 0 aliphatic carbocycles. The summed E-state index contributed by atoms with van der Waals surface area (Å²) in [4.78, 5) is 15.6. The molecule has 1 heterocycles. The molecule has 3 N–H and O–H groups in total. The minimum atomic E-state index is -0.458. The predicted molar refractivity (Wildman–Crippen MR) is 97.2 cm³/mol. The van der Waals surface area contributed by atoms with E-state index in [1.54, 1.807) is 0 Å². The first kappa shape index (κ1) is 20.0. The molecule has 0 saturated carbocycles. The Labute approximate surface area is 152 Å². The van der Waals surface area contributed by atoms with E-state index >= 15 is 0 Å². The average molecular weight is 363 g/mol. The van der Waals surface area contributed by atoms with Gasteiger partial charge in [-0.3, -0.25) is 9.80 Å². The Hall–Kier alpha value is -2.33. The summed E-state index contributed by atoms with van der Waals surface area (Å²) >= 11 is 0. The molecule has 1 aromatic carbocycles. The van der Waals surface area contributed by atoms with Crippen LogP contribution in [-0.4, -0.2) is 63.8 Å². The summed E-state index contributed by atoms with van der Waals surface area (Å²) in [5.41, 5.74) is 0.748. The molecule has 0 unspecified atom stereocenters. The van der Waals surface area contributed by atoms with Gasteiger partial charge in [-0.15, -0.1) is 0 Å². The second-order valence-electron chi connectivity index (χ2n) is 5.52. The van der Waals surface area contributed by atoms with Crippen LogP contribution in [0.15, 0.2) is 30.3 Å². The van der Waals surface area contributed by atoms with Crippen LogP contribution in [0.4, 0.5) is 11.9 Å². The number of hydrogen-bond donors (Lipinski definition) is 3. The Kier molecular flexibility index (Phi) is 8.16. The van der Waals surface area contributed by atoms with Gasteiger partial charge in [-0.2, -0.15) is 15.0 Å². The van der Waals surface area contributed by atoms with Gasteiger partial charge in [-0.25, -0.2) is 0 Å². The summed E-state index contributed by atoms with van der Waals surface area (Å²) in [6, 6.07) is 9.26. The number of aliphatic hydroxyl groups is 3. The van der Waals surface area contributed by atoms with E-state index in [1.807, 2.05) is 30.3 Å². The molecule has 0 bridgehead atoms. The standard InChI is InChI=1S/C17H25N5O4/c1-2-3-9-26-13-22(12-25)17-19-15(14-7-5-4-6-8-14)18-16(20-17)21(10-23)11-24/h4-8,23-25H,2-3,9-13H2,1H3. The van der Waals surface area contributed by atoms with E-state index in [0.717, 1.165) is 18.4 Å². The van der Waals surface area contributed by atoms with Crippen LogP contribution in [0.1, 0.15) is 19.8 Å². The lowest BCUT2D eigenvalue weighted by atomic mass is 10.2. The lowest BCUT2D eigenvalue weighted by Gasteiger charge is -2.23. The van der Waals surface area contributed by atoms with Crippen molar-refractivity contribution in [1.82, 2.24) is 15.0 Å². The summed E-state index contributed by atoms with van der Waals surface area (Å²) in [6.45, 7) is 1.49. The second-order valence-corrected chi connectivity index (χ2v) is 5.52. The fourth-order valence-electron chi connectivity index (χ4n) is 2.11. The van der Waals surface area contributed by atoms with Crippen LogP contribution in [0.2, 0.25) is 0 Å².